The number of carbonyl (C=O) groups excluding carboxylic acids is 1. The first kappa shape index (κ1) is 15.6. The number of aliphatic carboxylic acids is 2. The summed E-state index contributed by atoms with van der Waals surface area (Å²) in [6.45, 7) is 0. The van der Waals surface area contributed by atoms with Crippen molar-refractivity contribution < 1.29 is 29.3 Å². The van der Waals surface area contributed by atoms with Gasteiger partial charge in [-0.3, -0.25) is 14.6 Å². The molecule has 1 aromatic carbocycles. The summed E-state index contributed by atoms with van der Waals surface area (Å²) in [7, 11) is 1.20. The first-order valence-corrected chi connectivity index (χ1v) is 5.62. The highest BCUT2D eigenvalue weighted by Crippen LogP contribution is 2.26. The first-order chi connectivity index (χ1) is 9.36. The van der Waals surface area contributed by atoms with Crippen LogP contribution in [0, 0.1) is 5.92 Å². The first-order valence-electron chi connectivity index (χ1n) is 5.24. The average molecular weight is 300 g/mol. The van der Waals surface area contributed by atoms with Gasteiger partial charge in [0.1, 0.15) is 0 Å². The van der Waals surface area contributed by atoms with Gasteiger partial charge >= 0.3 is 17.9 Å². The van der Waals surface area contributed by atoms with Crippen LogP contribution in [0.3, 0.4) is 0 Å². The van der Waals surface area contributed by atoms with Gasteiger partial charge in [-0.1, -0.05) is 11.6 Å². The molecular formula is C12H10ClNO6. The molecule has 0 saturated carbocycles. The molecule has 0 atom stereocenters. The third-order valence-electron chi connectivity index (χ3n) is 2.26. The Morgan fingerprint density at radius 3 is 2.40 bits per heavy atom. The van der Waals surface area contributed by atoms with Gasteiger partial charge in [-0.25, -0.2) is 4.79 Å². The molecule has 0 fully saturated rings. The van der Waals surface area contributed by atoms with Crippen molar-refractivity contribution in [3.63, 3.8) is 0 Å². The van der Waals surface area contributed by atoms with E-state index in [9.17, 15) is 14.4 Å². The van der Waals surface area contributed by atoms with Crippen molar-refractivity contribution in [1.82, 2.24) is 0 Å². The fraction of sp³-hybridized carbons (Fsp3) is 0.167. The van der Waals surface area contributed by atoms with E-state index in [-0.39, 0.29) is 16.3 Å². The van der Waals surface area contributed by atoms with E-state index in [2.05, 4.69) is 9.73 Å². The Labute approximate surface area is 118 Å². The van der Waals surface area contributed by atoms with Gasteiger partial charge in [0.2, 0.25) is 0 Å². The van der Waals surface area contributed by atoms with Crippen molar-refractivity contribution in [2.45, 2.75) is 0 Å². The maximum Gasteiger partial charge on any atom is 0.337 e. The summed E-state index contributed by atoms with van der Waals surface area (Å²) >= 11 is 5.83. The summed E-state index contributed by atoms with van der Waals surface area (Å²) in [5.74, 6) is -5.53. The van der Waals surface area contributed by atoms with Gasteiger partial charge in [0.25, 0.3) is 0 Å². The quantitative estimate of drug-likeness (QED) is 0.485. The number of carbonyl (C=O) groups is 3. The third kappa shape index (κ3) is 3.79. The van der Waals surface area contributed by atoms with Crippen LogP contribution in [0.15, 0.2) is 23.2 Å². The molecule has 2 N–H and O–H groups in total. The maximum atomic E-state index is 11.3. The SMILES string of the molecule is COC(=O)c1ccc(Cl)c(N=CC(C(=O)O)C(=O)O)c1. The molecule has 0 bridgehead atoms. The van der Waals surface area contributed by atoms with E-state index in [0.29, 0.717) is 0 Å². The molecule has 0 radical (unpaired) electrons. The van der Waals surface area contributed by atoms with E-state index in [1.807, 2.05) is 0 Å². The lowest BCUT2D eigenvalue weighted by atomic mass is 10.1. The second-order valence-corrected chi connectivity index (χ2v) is 4.00. The standard InChI is InChI=1S/C12H10ClNO6/c1-20-12(19)6-2-3-8(13)9(4-6)14-5-7(10(15)16)11(17)18/h2-5,7H,1H3,(H,15,16)(H,17,18). The van der Waals surface area contributed by atoms with E-state index in [4.69, 9.17) is 21.8 Å². The Bertz CT molecular complexity index is 569. The molecule has 8 heteroatoms. The minimum atomic E-state index is -1.80. The van der Waals surface area contributed by atoms with Crippen LogP contribution in [0.5, 0.6) is 0 Å². The molecule has 0 aliphatic carbocycles. The Morgan fingerprint density at radius 1 is 1.30 bits per heavy atom. The normalized spacial score (nSPS) is 10.8. The minimum absolute atomic E-state index is 0.0714. The van der Waals surface area contributed by atoms with Crippen LogP contribution in [0.1, 0.15) is 10.4 Å². The largest absolute Gasteiger partial charge is 0.480 e. The van der Waals surface area contributed by atoms with E-state index in [1.54, 1.807) is 0 Å². The van der Waals surface area contributed by atoms with Gasteiger partial charge in [-0.05, 0) is 18.2 Å². The number of aliphatic imine (C=N–C) groups is 1. The van der Waals surface area contributed by atoms with E-state index in [0.717, 1.165) is 6.21 Å². The van der Waals surface area contributed by atoms with E-state index < -0.39 is 23.8 Å². The van der Waals surface area contributed by atoms with Crippen molar-refractivity contribution in [3.8, 4) is 0 Å². The molecule has 0 aliphatic heterocycles. The summed E-state index contributed by atoms with van der Waals surface area (Å²) in [5, 5.41) is 17.5. The van der Waals surface area contributed by atoms with Gasteiger partial charge < -0.3 is 14.9 Å². The maximum absolute atomic E-state index is 11.3. The predicted molar refractivity (Wildman–Crippen MR) is 69.7 cm³/mol. The zero-order chi connectivity index (χ0) is 15.3. The number of carboxylic acids is 2. The topological polar surface area (TPSA) is 113 Å². The molecule has 0 unspecified atom stereocenters. The number of halogens is 1. The van der Waals surface area contributed by atoms with Crippen LogP contribution in [0.2, 0.25) is 5.02 Å². The number of benzene rings is 1. The molecule has 0 spiro atoms. The molecule has 1 aromatic rings. The summed E-state index contributed by atoms with van der Waals surface area (Å²) in [6.07, 6.45) is 0.729. The van der Waals surface area contributed by atoms with Crippen molar-refractivity contribution in [1.29, 1.82) is 0 Å². The minimum Gasteiger partial charge on any atom is -0.480 e. The fourth-order valence-electron chi connectivity index (χ4n) is 1.24. The molecule has 0 saturated heterocycles. The van der Waals surface area contributed by atoms with Gasteiger partial charge in [-0.2, -0.15) is 0 Å². The number of methoxy groups -OCH3 is 1. The van der Waals surface area contributed by atoms with Crippen LogP contribution in [0.25, 0.3) is 0 Å². The Kier molecular flexibility index (Phi) is 5.22. The van der Waals surface area contributed by atoms with Crippen LogP contribution in [-0.2, 0) is 14.3 Å². The number of esters is 1. The second kappa shape index (κ2) is 6.67. The van der Waals surface area contributed by atoms with E-state index in [1.165, 1.54) is 25.3 Å². The Morgan fingerprint density at radius 2 is 1.90 bits per heavy atom. The highest BCUT2D eigenvalue weighted by Gasteiger charge is 2.23. The molecule has 0 aliphatic rings. The summed E-state index contributed by atoms with van der Waals surface area (Å²) in [4.78, 5) is 36.4. The number of nitrogens with zero attached hydrogens (tertiary/aromatic N) is 1. The van der Waals surface area contributed by atoms with Gasteiger partial charge in [0.15, 0.2) is 5.92 Å². The summed E-state index contributed by atoms with van der Waals surface area (Å²) in [5.41, 5.74) is 0.230. The lowest BCUT2D eigenvalue weighted by Crippen LogP contribution is -2.24. The van der Waals surface area contributed by atoms with Gasteiger partial charge in [0, 0.05) is 6.21 Å². The predicted octanol–water partition coefficient (Wildman–Crippen LogP) is 1.61. The molecular weight excluding hydrogens is 290 g/mol. The Balaban J connectivity index is 3.10. The Hall–Kier alpha value is -2.41. The zero-order valence-corrected chi connectivity index (χ0v) is 11.0. The highest BCUT2D eigenvalue weighted by atomic mass is 35.5. The summed E-state index contributed by atoms with van der Waals surface area (Å²) in [6, 6.07) is 4.04. The van der Waals surface area contributed by atoms with Crippen LogP contribution in [0.4, 0.5) is 5.69 Å². The highest BCUT2D eigenvalue weighted by molar-refractivity contribution is 6.33. The number of carboxylic acid groups (broad SMARTS) is 2. The lowest BCUT2D eigenvalue weighted by Gasteiger charge is -2.04. The van der Waals surface area contributed by atoms with Crippen LogP contribution >= 0.6 is 11.6 Å². The number of hydrogen-bond donors (Lipinski definition) is 2. The van der Waals surface area contributed by atoms with Crippen molar-refractivity contribution >= 4 is 41.4 Å². The molecule has 20 heavy (non-hydrogen) atoms. The fourth-order valence-corrected chi connectivity index (χ4v) is 1.41. The molecule has 7 nitrogen and oxygen atoms in total. The second-order valence-electron chi connectivity index (χ2n) is 3.59. The average Bonchev–Trinajstić information content (AvgIpc) is 2.39. The number of hydrogen-bond acceptors (Lipinski definition) is 5. The van der Waals surface area contributed by atoms with Crippen molar-refractivity contribution in [3.05, 3.63) is 28.8 Å². The van der Waals surface area contributed by atoms with Gasteiger partial charge in [0.05, 0.1) is 23.4 Å². The molecule has 0 heterocycles. The monoisotopic (exact) mass is 299 g/mol. The van der Waals surface area contributed by atoms with Crippen molar-refractivity contribution in [2.24, 2.45) is 10.9 Å². The number of ether oxygens (including phenoxy) is 1. The van der Waals surface area contributed by atoms with Gasteiger partial charge in [-0.15, -0.1) is 0 Å². The molecule has 1 rings (SSSR count). The van der Waals surface area contributed by atoms with E-state index >= 15 is 0 Å². The molecule has 0 amide bonds. The third-order valence-corrected chi connectivity index (χ3v) is 2.58. The summed E-state index contributed by atoms with van der Waals surface area (Å²) < 4.78 is 4.51. The molecule has 106 valence electrons. The van der Waals surface area contributed by atoms with Crippen LogP contribution in [-0.4, -0.2) is 41.4 Å². The van der Waals surface area contributed by atoms with Crippen molar-refractivity contribution in [2.75, 3.05) is 7.11 Å². The number of rotatable bonds is 5. The van der Waals surface area contributed by atoms with Crippen LogP contribution < -0.4 is 0 Å². The zero-order valence-electron chi connectivity index (χ0n) is 10.2. The smallest absolute Gasteiger partial charge is 0.337 e. The molecule has 0 aromatic heterocycles. The lowest BCUT2D eigenvalue weighted by molar-refractivity contribution is -0.150.